The van der Waals surface area contributed by atoms with Gasteiger partial charge in [0.25, 0.3) is 0 Å². The number of hydrogen-bond donors (Lipinski definition) is 0. The zero-order chi connectivity index (χ0) is 10.7. The molecule has 0 aliphatic heterocycles. The first kappa shape index (κ1) is 9.92. The fraction of sp³-hybridized carbons (Fsp3) is 0.400. The van der Waals surface area contributed by atoms with E-state index < -0.39 is 0 Å². The van der Waals surface area contributed by atoms with E-state index in [1.54, 1.807) is 14.2 Å². The molecule has 0 amide bonds. The van der Waals surface area contributed by atoms with Crippen LogP contribution in [0.2, 0.25) is 0 Å². The smallest absolute Gasteiger partial charge is 0.164 e. The number of aromatic nitrogens is 3. The number of fused-ring (bicyclic) bond motifs is 1. The largest absolute Gasteiger partial charge is 0.497 e. The maximum absolute atomic E-state index is 5.11. The molecule has 2 aromatic rings. The Hall–Kier alpha value is -1.62. The lowest BCUT2D eigenvalue weighted by molar-refractivity contribution is 0.200. The highest BCUT2D eigenvalue weighted by atomic mass is 16.5. The number of ether oxygens (including phenoxy) is 2. The third-order valence-electron chi connectivity index (χ3n) is 2.22. The van der Waals surface area contributed by atoms with Crippen LogP contribution in [0.5, 0.6) is 5.75 Å². The van der Waals surface area contributed by atoms with Gasteiger partial charge in [-0.15, -0.1) is 10.2 Å². The van der Waals surface area contributed by atoms with E-state index in [1.165, 1.54) is 0 Å². The Morgan fingerprint density at radius 2 is 2.20 bits per heavy atom. The summed E-state index contributed by atoms with van der Waals surface area (Å²) in [5, 5.41) is 8.14. The summed E-state index contributed by atoms with van der Waals surface area (Å²) in [5.41, 5.74) is 0.792. The van der Waals surface area contributed by atoms with Crippen molar-refractivity contribution in [2.24, 2.45) is 0 Å². The first-order valence-corrected chi connectivity index (χ1v) is 4.71. The van der Waals surface area contributed by atoms with Crippen molar-refractivity contribution in [3.63, 3.8) is 0 Å². The normalized spacial score (nSPS) is 10.8. The van der Waals surface area contributed by atoms with Gasteiger partial charge in [0.15, 0.2) is 5.65 Å². The van der Waals surface area contributed by atoms with Gasteiger partial charge in [0.2, 0.25) is 0 Å². The Kier molecular flexibility index (Phi) is 2.82. The minimum Gasteiger partial charge on any atom is -0.497 e. The molecule has 2 heterocycles. The molecule has 0 bridgehead atoms. The van der Waals surface area contributed by atoms with Gasteiger partial charge in [-0.3, -0.25) is 4.40 Å². The molecule has 0 fully saturated rings. The third kappa shape index (κ3) is 1.92. The zero-order valence-electron chi connectivity index (χ0n) is 8.80. The molecule has 0 spiro atoms. The van der Waals surface area contributed by atoms with Gasteiger partial charge < -0.3 is 9.47 Å². The van der Waals surface area contributed by atoms with E-state index in [0.29, 0.717) is 6.61 Å². The highest BCUT2D eigenvalue weighted by Gasteiger charge is 2.05. The van der Waals surface area contributed by atoms with E-state index in [1.807, 2.05) is 22.7 Å². The zero-order valence-corrected chi connectivity index (χ0v) is 8.80. The molecule has 15 heavy (non-hydrogen) atoms. The Morgan fingerprint density at radius 1 is 1.33 bits per heavy atom. The van der Waals surface area contributed by atoms with E-state index in [-0.39, 0.29) is 0 Å². The number of rotatable bonds is 4. The van der Waals surface area contributed by atoms with Crippen LogP contribution in [-0.2, 0) is 11.2 Å². The molecule has 0 saturated carbocycles. The highest BCUT2D eigenvalue weighted by Crippen LogP contribution is 2.13. The topological polar surface area (TPSA) is 48.7 Å². The number of methoxy groups -OCH3 is 2. The molecule has 0 radical (unpaired) electrons. The van der Waals surface area contributed by atoms with E-state index in [2.05, 4.69) is 10.2 Å². The van der Waals surface area contributed by atoms with Crippen LogP contribution in [0.4, 0.5) is 0 Å². The van der Waals surface area contributed by atoms with Crippen LogP contribution in [-0.4, -0.2) is 35.4 Å². The molecule has 5 heteroatoms. The van der Waals surface area contributed by atoms with E-state index >= 15 is 0 Å². The van der Waals surface area contributed by atoms with Crippen LogP contribution >= 0.6 is 0 Å². The van der Waals surface area contributed by atoms with Gasteiger partial charge in [-0.2, -0.15) is 0 Å². The van der Waals surface area contributed by atoms with Crippen LogP contribution in [0.15, 0.2) is 18.3 Å². The van der Waals surface area contributed by atoms with Crippen molar-refractivity contribution < 1.29 is 9.47 Å². The van der Waals surface area contributed by atoms with Crippen molar-refractivity contribution in [1.82, 2.24) is 14.6 Å². The molecule has 0 atom stereocenters. The molecule has 0 aromatic carbocycles. The lowest BCUT2D eigenvalue weighted by Crippen LogP contribution is -2.00. The summed E-state index contributed by atoms with van der Waals surface area (Å²) in [6.07, 6.45) is 2.66. The molecule has 0 aliphatic carbocycles. The summed E-state index contributed by atoms with van der Waals surface area (Å²) in [5.74, 6) is 1.68. The van der Waals surface area contributed by atoms with Crippen molar-refractivity contribution in [1.29, 1.82) is 0 Å². The van der Waals surface area contributed by atoms with Gasteiger partial charge in [0, 0.05) is 25.8 Å². The van der Waals surface area contributed by atoms with Gasteiger partial charge in [0.1, 0.15) is 11.6 Å². The monoisotopic (exact) mass is 207 g/mol. The summed E-state index contributed by atoms with van der Waals surface area (Å²) in [6.45, 7) is 0.646. The van der Waals surface area contributed by atoms with Crippen molar-refractivity contribution in [2.75, 3.05) is 20.8 Å². The second-order valence-electron chi connectivity index (χ2n) is 3.15. The molecule has 2 aromatic heterocycles. The van der Waals surface area contributed by atoms with Crippen molar-refractivity contribution in [2.45, 2.75) is 6.42 Å². The maximum Gasteiger partial charge on any atom is 0.164 e. The van der Waals surface area contributed by atoms with Crippen LogP contribution in [0.1, 0.15) is 5.82 Å². The number of nitrogens with zero attached hydrogens (tertiary/aromatic N) is 3. The Balaban J connectivity index is 2.34. The van der Waals surface area contributed by atoms with Crippen molar-refractivity contribution in [3.05, 3.63) is 24.2 Å². The first-order valence-electron chi connectivity index (χ1n) is 4.71. The second-order valence-corrected chi connectivity index (χ2v) is 3.15. The van der Waals surface area contributed by atoms with E-state index in [4.69, 9.17) is 9.47 Å². The lowest BCUT2D eigenvalue weighted by Gasteiger charge is -2.01. The maximum atomic E-state index is 5.11. The van der Waals surface area contributed by atoms with Gasteiger partial charge in [-0.1, -0.05) is 0 Å². The van der Waals surface area contributed by atoms with E-state index in [9.17, 15) is 0 Å². The summed E-state index contributed by atoms with van der Waals surface area (Å²) in [4.78, 5) is 0. The SMILES string of the molecule is COCCc1nnc2cc(OC)ccn12. The molecule has 80 valence electrons. The minimum absolute atomic E-state index is 0.646. The predicted octanol–water partition coefficient (Wildman–Crippen LogP) is 0.927. The Labute approximate surface area is 87.6 Å². The van der Waals surface area contributed by atoms with Gasteiger partial charge >= 0.3 is 0 Å². The number of hydrogen-bond acceptors (Lipinski definition) is 4. The summed E-state index contributed by atoms with van der Waals surface area (Å²) < 4.78 is 12.0. The van der Waals surface area contributed by atoms with Gasteiger partial charge in [-0.25, -0.2) is 0 Å². The van der Waals surface area contributed by atoms with Crippen LogP contribution in [0, 0.1) is 0 Å². The van der Waals surface area contributed by atoms with Crippen molar-refractivity contribution >= 4 is 5.65 Å². The van der Waals surface area contributed by atoms with Crippen LogP contribution in [0.3, 0.4) is 0 Å². The summed E-state index contributed by atoms with van der Waals surface area (Å²) in [6, 6.07) is 3.73. The quantitative estimate of drug-likeness (QED) is 0.748. The third-order valence-corrected chi connectivity index (χ3v) is 2.22. The standard InChI is InChI=1S/C10H13N3O2/c1-14-6-4-9-11-12-10-7-8(15-2)3-5-13(9)10/h3,5,7H,4,6H2,1-2H3. The Morgan fingerprint density at radius 3 is 2.93 bits per heavy atom. The average Bonchev–Trinajstić information content (AvgIpc) is 2.68. The molecular formula is C10H13N3O2. The highest BCUT2D eigenvalue weighted by molar-refractivity contribution is 5.44. The second kappa shape index (κ2) is 4.27. The van der Waals surface area contributed by atoms with Crippen LogP contribution < -0.4 is 4.74 Å². The Bertz CT molecular complexity index is 453. The van der Waals surface area contributed by atoms with E-state index in [0.717, 1.165) is 23.6 Å². The molecular weight excluding hydrogens is 194 g/mol. The summed E-state index contributed by atoms with van der Waals surface area (Å²) in [7, 11) is 3.31. The molecule has 0 N–H and O–H groups in total. The summed E-state index contributed by atoms with van der Waals surface area (Å²) >= 11 is 0. The molecule has 0 unspecified atom stereocenters. The molecule has 0 aliphatic rings. The lowest BCUT2D eigenvalue weighted by atomic mass is 10.4. The minimum atomic E-state index is 0.646. The molecule has 5 nitrogen and oxygen atoms in total. The fourth-order valence-corrected chi connectivity index (χ4v) is 1.41. The molecule has 0 saturated heterocycles. The van der Waals surface area contributed by atoms with Crippen LogP contribution in [0.25, 0.3) is 5.65 Å². The van der Waals surface area contributed by atoms with Gasteiger partial charge in [0.05, 0.1) is 13.7 Å². The number of pyridine rings is 1. The van der Waals surface area contributed by atoms with Crippen molar-refractivity contribution in [3.8, 4) is 5.75 Å². The fourth-order valence-electron chi connectivity index (χ4n) is 1.41. The van der Waals surface area contributed by atoms with Gasteiger partial charge in [-0.05, 0) is 6.07 Å². The average molecular weight is 207 g/mol. The predicted molar refractivity (Wildman–Crippen MR) is 55.1 cm³/mol. The molecule has 2 rings (SSSR count). The first-order chi connectivity index (χ1) is 7.35.